The van der Waals surface area contributed by atoms with E-state index in [1.165, 1.54) is 87.8 Å². The number of unbranched alkanes of at least 4 members (excludes halogenated alkanes) is 4. The van der Waals surface area contributed by atoms with Crippen molar-refractivity contribution in [3.8, 4) is 30.6 Å². The second-order valence-corrected chi connectivity index (χ2v) is 27.6. The van der Waals surface area contributed by atoms with Crippen LogP contribution in [0, 0.1) is 17.7 Å². The molecule has 0 saturated carbocycles. The summed E-state index contributed by atoms with van der Waals surface area (Å²) in [6.07, 6.45) is 3.96. The Kier molecular flexibility index (Phi) is 25.2. The summed E-state index contributed by atoms with van der Waals surface area (Å²) in [7, 11) is 0. The Hall–Kier alpha value is -2.75. The van der Waals surface area contributed by atoms with Gasteiger partial charge in [0, 0.05) is 77.2 Å². The van der Waals surface area contributed by atoms with Gasteiger partial charge in [-0.3, -0.25) is 0 Å². The molecule has 7 aromatic rings. The zero-order chi connectivity index (χ0) is 56.9. The predicted octanol–water partition coefficient (Wildman–Crippen LogP) is 24.8. The smallest absolute Gasteiger partial charge is 0.453 e. The first-order valence-electron chi connectivity index (χ1n) is 28.1. The molecule has 0 aliphatic carbocycles. The van der Waals surface area contributed by atoms with Crippen LogP contribution in [0.1, 0.15) is 217 Å². The zero-order valence-corrected chi connectivity index (χ0v) is 53.2. The maximum absolute atomic E-state index is 16.9. The maximum Gasteiger partial charge on any atom is 0.453 e. The molecule has 0 fully saturated rings. The van der Waals surface area contributed by atoms with Crippen LogP contribution in [-0.4, -0.2) is 24.7 Å². The maximum atomic E-state index is 16.9. The lowest BCUT2D eigenvalue weighted by atomic mass is 9.92. The van der Waals surface area contributed by atoms with E-state index in [-0.39, 0.29) is 36.2 Å². The molecule has 0 radical (unpaired) electrons. The van der Waals surface area contributed by atoms with Crippen molar-refractivity contribution in [3.63, 3.8) is 0 Å². The van der Waals surface area contributed by atoms with Gasteiger partial charge in [-0.2, -0.15) is 22.0 Å². The highest BCUT2D eigenvalue weighted by Crippen LogP contribution is 2.57. The van der Waals surface area contributed by atoms with E-state index in [1.807, 2.05) is 75.6 Å². The van der Waals surface area contributed by atoms with Crippen LogP contribution in [0.4, 0.5) is 26.3 Å². The van der Waals surface area contributed by atoms with E-state index >= 15 is 4.39 Å². The number of thiophene rings is 6. The molecule has 0 bridgehead atoms. The molecule has 0 saturated heterocycles. The van der Waals surface area contributed by atoms with Crippen molar-refractivity contribution >= 4 is 104 Å². The van der Waals surface area contributed by atoms with Gasteiger partial charge < -0.3 is 4.74 Å². The minimum absolute atomic E-state index is 0.0613. The van der Waals surface area contributed by atoms with Crippen LogP contribution >= 0.6 is 68.0 Å². The normalized spacial score (nSPS) is 13.1. The topological polar surface area (TPSA) is 26.3 Å². The molecule has 6 aromatic heterocycles. The molecule has 0 N–H and O–H groups in total. The van der Waals surface area contributed by atoms with Gasteiger partial charge in [-0.25, -0.2) is 9.18 Å². The molecular weight excluding hydrogens is 1080 g/mol. The van der Waals surface area contributed by atoms with E-state index < -0.39 is 35.7 Å². The molecule has 1 aromatic carbocycles. The van der Waals surface area contributed by atoms with Crippen LogP contribution < -0.4 is 0 Å². The first-order chi connectivity index (χ1) is 36.0. The number of hydrogen-bond acceptors (Lipinski definition) is 8. The zero-order valence-electron chi connectivity index (χ0n) is 48.3. The van der Waals surface area contributed by atoms with E-state index in [0.29, 0.717) is 28.3 Å². The van der Waals surface area contributed by atoms with Gasteiger partial charge in [0.1, 0.15) is 4.88 Å². The number of carbonyl (C=O) groups excluding carboxylic acids is 1. The molecule has 2 unspecified atom stereocenters. The first kappa shape index (κ1) is 65.8. The van der Waals surface area contributed by atoms with Crippen molar-refractivity contribution in [1.82, 2.24) is 0 Å². The van der Waals surface area contributed by atoms with Crippen molar-refractivity contribution in [2.45, 2.75) is 224 Å². The summed E-state index contributed by atoms with van der Waals surface area (Å²) in [5.41, 5.74) is 1.99. The van der Waals surface area contributed by atoms with Crippen molar-refractivity contribution in [3.05, 3.63) is 66.6 Å². The summed E-state index contributed by atoms with van der Waals surface area (Å²) < 4.78 is 90.1. The van der Waals surface area contributed by atoms with E-state index in [1.54, 1.807) is 22.7 Å². The quantitative estimate of drug-likeness (QED) is 0.0384. The fourth-order valence-corrected chi connectivity index (χ4v) is 17.1. The van der Waals surface area contributed by atoms with Crippen LogP contribution in [0.5, 0.6) is 0 Å². The summed E-state index contributed by atoms with van der Waals surface area (Å²) in [5, 5.41) is 2.88. The van der Waals surface area contributed by atoms with E-state index in [9.17, 15) is 26.7 Å². The molecular formula is C62H86F6O2S6. The summed E-state index contributed by atoms with van der Waals surface area (Å²) >= 11 is 10.2. The van der Waals surface area contributed by atoms with E-state index in [4.69, 9.17) is 4.74 Å². The van der Waals surface area contributed by atoms with E-state index in [2.05, 4.69) is 106 Å². The Morgan fingerprint density at radius 1 is 0.579 bits per heavy atom. The molecule has 2 atom stereocenters. The molecule has 0 spiro atoms. The lowest BCUT2D eigenvalue weighted by Crippen LogP contribution is -2.36. The number of alkyl halides is 5. The van der Waals surface area contributed by atoms with Crippen molar-refractivity contribution in [2.75, 3.05) is 6.61 Å². The van der Waals surface area contributed by atoms with Gasteiger partial charge >= 0.3 is 18.1 Å². The number of hydrogen-bond donors (Lipinski definition) is 0. The highest BCUT2D eigenvalue weighted by atomic mass is 32.1. The Balaban J connectivity index is 0.00000201. The Morgan fingerprint density at radius 2 is 1.12 bits per heavy atom. The lowest BCUT2D eigenvalue weighted by Gasteiger charge is -2.19. The molecule has 424 valence electrons. The number of esters is 1. The van der Waals surface area contributed by atoms with Crippen LogP contribution in [0.3, 0.4) is 0 Å². The van der Waals surface area contributed by atoms with Gasteiger partial charge in [-0.05, 0) is 84.7 Å². The van der Waals surface area contributed by atoms with Gasteiger partial charge in [-0.15, -0.1) is 68.0 Å². The van der Waals surface area contributed by atoms with Crippen LogP contribution in [0.15, 0.2) is 36.4 Å². The monoisotopic (exact) mass is 1170 g/mol. The van der Waals surface area contributed by atoms with Gasteiger partial charge in [-0.1, -0.05) is 169 Å². The SMILES string of the molecule is CC.CC.CC.CCCCC(CC)Cc1ccc(-c2c3cc(C(C)(C)C)sc3c(-c3ccc(CC(CC)CCC)s3)c3cc(-c4sc(C(C)(C)C)c5c(F)c(C(=O)OCCCCCCC(F)(F)C(F)(F)F)sc45)sc23)s1. The fraction of sp³-hybridized carbons (Fsp3) is 0.597. The minimum Gasteiger partial charge on any atom is -0.461 e. The largest absolute Gasteiger partial charge is 0.461 e. The second-order valence-electron chi connectivity index (χ2n) is 21.1. The van der Waals surface area contributed by atoms with Crippen LogP contribution in [0.25, 0.3) is 60.9 Å². The van der Waals surface area contributed by atoms with Crippen molar-refractivity contribution in [1.29, 1.82) is 0 Å². The number of benzene rings is 1. The summed E-state index contributed by atoms with van der Waals surface area (Å²) in [4.78, 5) is 22.9. The third kappa shape index (κ3) is 15.6. The number of carbonyl (C=O) groups is 1. The highest BCUT2D eigenvalue weighted by molar-refractivity contribution is 7.32. The Bertz CT molecular complexity index is 2890. The summed E-state index contributed by atoms with van der Waals surface area (Å²) in [5.74, 6) is -4.87. The average molecular weight is 1170 g/mol. The Labute approximate surface area is 476 Å². The first-order valence-corrected chi connectivity index (χ1v) is 33.0. The van der Waals surface area contributed by atoms with Gasteiger partial charge in [0.2, 0.25) is 0 Å². The third-order valence-electron chi connectivity index (χ3n) is 13.4. The molecule has 6 heterocycles. The second kappa shape index (κ2) is 29.1. The van der Waals surface area contributed by atoms with Crippen LogP contribution in [0.2, 0.25) is 0 Å². The van der Waals surface area contributed by atoms with Gasteiger partial charge in [0.25, 0.3) is 0 Å². The third-order valence-corrected chi connectivity index (χ3v) is 21.5. The highest BCUT2D eigenvalue weighted by Gasteiger charge is 2.56. The van der Waals surface area contributed by atoms with Gasteiger partial charge in [0.15, 0.2) is 5.82 Å². The summed E-state index contributed by atoms with van der Waals surface area (Å²) in [6.45, 7) is 34.1. The Morgan fingerprint density at radius 3 is 1.63 bits per heavy atom. The van der Waals surface area contributed by atoms with E-state index in [0.717, 1.165) is 51.7 Å². The minimum atomic E-state index is -5.58. The molecule has 76 heavy (non-hydrogen) atoms. The van der Waals surface area contributed by atoms with Crippen molar-refractivity contribution in [2.24, 2.45) is 11.8 Å². The molecule has 2 nitrogen and oxygen atoms in total. The molecule has 0 amide bonds. The molecule has 7 rings (SSSR count). The standard InChI is InChI=1S/C56H68F6O2S6.3C2H6/c1-11-15-21-33(14-4)29-35-23-25-39(66-35)43-37-31-41(53(5,6)7)68-47(37)42(38-24-22-34(65-38)28-32(13-3)20-12-2)36-30-40(67-46(36)43)48-49-44(51(70-48)54(8,9)10)45(57)50(69-49)52(63)64-27-19-17-16-18-26-55(58,59)56(60,61)62;3*1-2/h22-25,30-33H,11-21,26-29H2,1-10H3;3*1-2H3. The number of rotatable bonds is 22. The molecule has 14 heteroatoms. The molecule has 0 aliphatic heterocycles. The fourth-order valence-electron chi connectivity index (χ4n) is 9.32. The van der Waals surface area contributed by atoms with Crippen molar-refractivity contribution < 1.29 is 35.9 Å². The summed E-state index contributed by atoms with van der Waals surface area (Å²) in [6, 6.07) is 14.1. The molecule has 0 aliphatic rings. The van der Waals surface area contributed by atoms with Crippen LogP contribution in [-0.2, 0) is 28.4 Å². The predicted molar refractivity (Wildman–Crippen MR) is 328 cm³/mol. The lowest BCUT2D eigenvalue weighted by molar-refractivity contribution is -0.284. The number of fused-ring (bicyclic) bond motifs is 3. The number of halogens is 6. The average Bonchev–Trinajstić information content (AvgIpc) is 4.26. The van der Waals surface area contributed by atoms with Gasteiger partial charge in [0.05, 0.1) is 16.2 Å². The number of ether oxygens (including phenoxy) is 1.